The third-order valence-corrected chi connectivity index (χ3v) is 12.1. The van der Waals surface area contributed by atoms with Gasteiger partial charge in [0.05, 0.1) is 10.8 Å². The Labute approximate surface area is 224 Å². The highest BCUT2D eigenvalue weighted by Gasteiger charge is 2.79. The molecule has 8 aliphatic rings. The second-order valence-electron chi connectivity index (χ2n) is 13.7. The normalized spacial score (nSPS) is 53.1. The Hall–Kier alpha value is -2.28. The Balaban J connectivity index is 1.17. The number of aliphatic hydroxyl groups is 1. The number of ether oxygens (including phenoxy) is 7. The molecule has 0 spiro atoms. The van der Waals surface area contributed by atoms with Crippen molar-refractivity contribution in [3.05, 3.63) is 0 Å². The molecule has 12 heteroatoms. The van der Waals surface area contributed by atoms with Gasteiger partial charge in [-0.25, -0.2) is 9.59 Å². The number of hydrogen-bond acceptors (Lipinski definition) is 12. The fourth-order valence-corrected chi connectivity index (χ4v) is 8.20. The van der Waals surface area contributed by atoms with Gasteiger partial charge >= 0.3 is 23.9 Å². The fraction of sp³-hybridized carbons (Fsp3) is 0.852. The molecular formula is C27H34O12. The van der Waals surface area contributed by atoms with Crippen molar-refractivity contribution in [1.29, 1.82) is 0 Å². The SMILES string of the molecule is CC1(C)[C@@]2(C)CC[C@]1(C(=O)O[C@@H]1C3OC4O[C@H](C(O)[C@@H]1O4)[C@H]3OC(=O)[C@@]13CC[C@@](C)(C(=O)O1)C3(C)C)OC2=O. The summed E-state index contributed by atoms with van der Waals surface area (Å²) in [5.41, 5.74) is -6.37. The number of rotatable bonds is 4. The number of carbonyl (C=O) groups excluding carboxylic acids is 4. The highest BCUT2D eigenvalue weighted by atomic mass is 16.9. The summed E-state index contributed by atoms with van der Waals surface area (Å²) in [6, 6.07) is 0. The van der Waals surface area contributed by atoms with Gasteiger partial charge < -0.3 is 38.3 Å². The molecule has 11 atom stereocenters. The van der Waals surface area contributed by atoms with E-state index in [1.165, 1.54) is 0 Å². The van der Waals surface area contributed by atoms with Crippen LogP contribution in [-0.4, -0.2) is 83.3 Å². The van der Waals surface area contributed by atoms with Gasteiger partial charge in [-0.05, 0) is 39.5 Å². The summed E-state index contributed by atoms with van der Waals surface area (Å²) in [5.74, 6) is -2.43. The van der Waals surface area contributed by atoms with Crippen molar-refractivity contribution < 1.29 is 57.4 Å². The van der Waals surface area contributed by atoms with Crippen LogP contribution in [0.2, 0.25) is 0 Å². The van der Waals surface area contributed by atoms with E-state index in [4.69, 9.17) is 33.2 Å². The van der Waals surface area contributed by atoms with Gasteiger partial charge in [0.1, 0.15) is 24.4 Å². The molecule has 8 bridgehead atoms. The predicted octanol–water partition coefficient (Wildman–Crippen LogP) is 0.895. The summed E-state index contributed by atoms with van der Waals surface area (Å²) >= 11 is 0. The van der Waals surface area contributed by atoms with Gasteiger partial charge in [0.15, 0.2) is 12.2 Å². The Morgan fingerprint density at radius 3 is 1.41 bits per heavy atom. The minimum absolute atomic E-state index is 0.294. The lowest BCUT2D eigenvalue weighted by Gasteiger charge is -2.57. The molecule has 0 radical (unpaired) electrons. The van der Waals surface area contributed by atoms with E-state index in [0.29, 0.717) is 25.7 Å². The van der Waals surface area contributed by atoms with E-state index in [1.807, 2.05) is 27.7 Å². The first-order valence-corrected chi connectivity index (χ1v) is 13.6. The first kappa shape index (κ1) is 25.7. The van der Waals surface area contributed by atoms with Gasteiger partial charge in [-0.1, -0.05) is 27.7 Å². The third-order valence-electron chi connectivity index (χ3n) is 12.1. The Kier molecular flexibility index (Phi) is 4.69. The maximum absolute atomic E-state index is 13.7. The number of hydrogen-bond donors (Lipinski definition) is 1. The van der Waals surface area contributed by atoms with E-state index in [0.717, 1.165) is 0 Å². The van der Waals surface area contributed by atoms with Gasteiger partial charge in [-0.15, -0.1) is 0 Å². The molecule has 214 valence electrons. The largest absolute Gasteiger partial charge is 0.454 e. The first-order chi connectivity index (χ1) is 18.1. The first-order valence-electron chi connectivity index (χ1n) is 13.6. The van der Waals surface area contributed by atoms with Crippen molar-refractivity contribution in [2.24, 2.45) is 21.7 Å². The van der Waals surface area contributed by atoms with Crippen LogP contribution in [0.25, 0.3) is 0 Å². The van der Waals surface area contributed by atoms with Gasteiger partial charge in [0, 0.05) is 10.8 Å². The summed E-state index contributed by atoms with van der Waals surface area (Å²) in [6.45, 7) is 9.67. The molecular weight excluding hydrogens is 516 g/mol. The summed E-state index contributed by atoms with van der Waals surface area (Å²) < 4.78 is 40.4. The quantitative estimate of drug-likeness (QED) is 0.391. The molecule has 8 rings (SSSR count). The summed E-state index contributed by atoms with van der Waals surface area (Å²) in [4.78, 5) is 52.9. The van der Waals surface area contributed by atoms with Crippen LogP contribution in [0.4, 0.5) is 0 Å². The summed E-state index contributed by atoms with van der Waals surface area (Å²) in [7, 11) is 0. The molecule has 3 unspecified atom stereocenters. The maximum Gasteiger partial charge on any atom is 0.351 e. The molecule has 0 amide bonds. The van der Waals surface area contributed by atoms with Gasteiger partial charge in [-0.3, -0.25) is 9.59 Å². The zero-order valence-corrected chi connectivity index (χ0v) is 22.8. The fourth-order valence-electron chi connectivity index (χ4n) is 8.20. The van der Waals surface area contributed by atoms with E-state index < -0.39 is 99.8 Å². The van der Waals surface area contributed by atoms with Crippen LogP contribution < -0.4 is 0 Å². The zero-order chi connectivity index (χ0) is 28.1. The minimum Gasteiger partial charge on any atom is -0.454 e. The maximum atomic E-state index is 13.7. The predicted molar refractivity (Wildman–Crippen MR) is 124 cm³/mol. The molecule has 39 heavy (non-hydrogen) atoms. The smallest absolute Gasteiger partial charge is 0.351 e. The van der Waals surface area contributed by atoms with Crippen molar-refractivity contribution in [1.82, 2.24) is 0 Å². The molecule has 1 N–H and O–H groups in total. The third kappa shape index (κ3) is 2.57. The molecule has 8 fully saturated rings. The van der Waals surface area contributed by atoms with Crippen molar-refractivity contribution >= 4 is 23.9 Å². The monoisotopic (exact) mass is 550 g/mol. The Bertz CT molecular complexity index is 1120. The molecule has 0 aromatic carbocycles. The van der Waals surface area contributed by atoms with Gasteiger partial charge in [0.2, 0.25) is 11.2 Å². The van der Waals surface area contributed by atoms with Gasteiger partial charge in [0.25, 0.3) is 6.48 Å². The molecule has 0 aromatic rings. The zero-order valence-electron chi connectivity index (χ0n) is 22.8. The average Bonchev–Trinajstić information content (AvgIpc) is 3.33. The number of esters is 4. The van der Waals surface area contributed by atoms with E-state index in [-0.39, 0.29) is 0 Å². The van der Waals surface area contributed by atoms with E-state index >= 15 is 0 Å². The second kappa shape index (κ2) is 7.13. The van der Waals surface area contributed by atoms with Crippen molar-refractivity contribution in [3.8, 4) is 0 Å². The van der Waals surface area contributed by atoms with Crippen LogP contribution >= 0.6 is 0 Å². The van der Waals surface area contributed by atoms with Crippen LogP contribution in [0.15, 0.2) is 0 Å². The lowest BCUT2D eigenvalue weighted by molar-refractivity contribution is -0.481. The Morgan fingerprint density at radius 1 is 0.692 bits per heavy atom. The van der Waals surface area contributed by atoms with E-state index in [2.05, 4.69) is 0 Å². The number of aliphatic hydroxyl groups excluding tert-OH is 1. The van der Waals surface area contributed by atoms with Crippen LogP contribution in [0.3, 0.4) is 0 Å². The lowest BCUT2D eigenvalue weighted by atomic mass is 9.66. The topological polar surface area (TPSA) is 153 Å². The molecule has 3 aliphatic carbocycles. The van der Waals surface area contributed by atoms with Crippen LogP contribution in [0.1, 0.15) is 67.2 Å². The van der Waals surface area contributed by atoms with E-state index in [1.54, 1.807) is 13.8 Å². The molecule has 0 aromatic heterocycles. The number of fused-ring (bicyclic) bond motifs is 4. The second-order valence-corrected chi connectivity index (χ2v) is 13.7. The van der Waals surface area contributed by atoms with Crippen LogP contribution in [0.5, 0.6) is 0 Å². The molecule has 3 saturated carbocycles. The van der Waals surface area contributed by atoms with Crippen LogP contribution in [0, 0.1) is 21.7 Å². The van der Waals surface area contributed by atoms with Crippen LogP contribution in [-0.2, 0) is 52.3 Å². The van der Waals surface area contributed by atoms with Crippen molar-refractivity contribution in [2.75, 3.05) is 0 Å². The van der Waals surface area contributed by atoms with E-state index in [9.17, 15) is 24.3 Å². The Morgan fingerprint density at radius 2 is 1.08 bits per heavy atom. The molecule has 12 nitrogen and oxygen atoms in total. The van der Waals surface area contributed by atoms with Gasteiger partial charge in [-0.2, -0.15) is 0 Å². The van der Waals surface area contributed by atoms with Crippen molar-refractivity contribution in [3.63, 3.8) is 0 Å². The highest BCUT2D eigenvalue weighted by molar-refractivity contribution is 5.94. The summed E-state index contributed by atoms with van der Waals surface area (Å²) in [6.07, 6.45) is -5.19. The minimum atomic E-state index is -1.50. The molecule has 5 aliphatic heterocycles. The molecule has 5 heterocycles. The number of carbonyl (C=O) groups is 4. The highest BCUT2D eigenvalue weighted by Crippen LogP contribution is 2.67. The standard InChI is InChI=1S/C27H34O12/c1-22(2)24(5)7-9-26(22,38-17(24)29)19(31)33-14-12-11(28)13-15(16(14)37-21(35-12)36-13)34-20(32)27-10-8-25(6,18(30)39-27)23(27,3)4/h11-16,21,28H,7-10H2,1-6H3/t11?,12-,13+,14-,15+,16?,21?,24-,25-,26+,27+/m0/s1. The lowest BCUT2D eigenvalue weighted by Crippen LogP contribution is -2.77. The van der Waals surface area contributed by atoms with Crippen molar-refractivity contribution in [2.45, 2.75) is 122 Å². The molecule has 5 saturated heterocycles. The summed E-state index contributed by atoms with van der Waals surface area (Å²) in [5, 5.41) is 11.1. The average molecular weight is 551 g/mol.